The van der Waals surface area contributed by atoms with Gasteiger partial charge >= 0.3 is 12.1 Å². The van der Waals surface area contributed by atoms with Crippen molar-refractivity contribution in [2.75, 3.05) is 45.4 Å². The summed E-state index contributed by atoms with van der Waals surface area (Å²) in [5, 5.41) is 0. The average Bonchev–Trinajstić information content (AvgIpc) is 3.70. The number of ketones is 1. The Hall–Kier alpha value is -3.14. The van der Waals surface area contributed by atoms with Gasteiger partial charge < -0.3 is 28.7 Å². The molecule has 1 saturated carbocycles. The summed E-state index contributed by atoms with van der Waals surface area (Å²) in [6, 6.07) is 5.16. The lowest BCUT2D eigenvalue weighted by molar-refractivity contribution is -0.148. The van der Waals surface area contributed by atoms with Crippen molar-refractivity contribution in [2.45, 2.75) is 65.0 Å². The lowest BCUT2D eigenvalue weighted by atomic mass is 9.88. The number of benzene rings is 1. The Balaban J connectivity index is 1.88. The van der Waals surface area contributed by atoms with Gasteiger partial charge in [-0.25, -0.2) is 4.79 Å². The number of rotatable bonds is 10. The van der Waals surface area contributed by atoms with E-state index in [-0.39, 0.29) is 37.2 Å². The van der Waals surface area contributed by atoms with Crippen molar-refractivity contribution in [1.82, 2.24) is 4.90 Å². The first kappa shape index (κ1) is 29.4. The summed E-state index contributed by atoms with van der Waals surface area (Å²) in [6.45, 7) is 7.93. The minimum absolute atomic E-state index is 0.000462. The molecule has 2 atom stereocenters. The number of carbonyl (C=O) groups excluding carboxylic acids is 4. The third kappa shape index (κ3) is 7.69. The van der Waals surface area contributed by atoms with Crippen LogP contribution in [0, 0.1) is 11.8 Å². The first-order valence-electron chi connectivity index (χ1n) is 13.1. The number of Topliss-reactive ketones (excluding diaryl/α,β-unsaturated/α-hetero) is 1. The van der Waals surface area contributed by atoms with E-state index in [0.29, 0.717) is 36.6 Å². The molecule has 2 aliphatic rings. The number of ether oxygens (including phenoxy) is 4. The van der Waals surface area contributed by atoms with E-state index < -0.39 is 29.5 Å². The highest BCUT2D eigenvalue weighted by molar-refractivity contribution is 6.00. The molecule has 1 aliphatic carbocycles. The second-order valence-electron chi connectivity index (χ2n) is 10.9. The number of hydrogen-bond donors (Lipinski definition) is 0. The summed E-state index contributed by atoms with van der Waals surface area (Å²) in [7, 11) is 2.91. The Morgan fingerprint density at radius 2 is 1.71 bits per heavy atom. The van der Waals surface area contributed by atoms with Crippen molar-refractivity contribution in [1.29, 1.82) is 0 Å². The van der Waals surface area contributed by atoms with Gasteiger partial charge in [-0.05, 0) is 59.1 Å². The Bertz CT molecular complexity index is 1030. The predicted molar refractivity (Wildman–Crippen MR) is 140 cm³/mol. The van der Waals surface area contributed by atoms with Crippen molar-refractivity contribution in [3.63, 3.8) is 0 Å². The summed E-state index contributed by atoms with van der Waals surface area (Å²) in [5.74, 6) is -1.64. The summed E-state index contributed by atoms with van der Waals surface area (Å²) in [6.07, 6.45) is 2.03. The molecule has 1 heterocycles. The van der Waals surface area contributed by atoms with E-state index in [1.54, 1.807) is 51.0 Å². The number of nitrogens with zero attached hydrogens (tertiary/aromatic N) is 2. The van der Waals surface area contributed by atoms with Crippen LogP contribution in [0.3, 0.4) is 0 Å². The van der Waals surface area contributed by atoms with E-state index in [2.05, 4.69) is 0 Å². The van der Waals surface area contributed by atoms with Crippen molar-refractivity contribution in [2.24, 2.45) is 11.8 Å². The van der Waals surface area contributed by atoms with Gasteiger partial charge in [0.2, 0.25) is 5.91 Å². The first-order chi connectivity index (χ1) is 17.9. The molecule has 0 N–H and O–H groups in total. The summed E-state index contributed by atoms with van der Waals surface area (Å²) in [4.78, 5) is 54.7. The molecule has 10 heteroatoms. The Labute approximate surface area is 224 Å². The van der Waals surface area contributed by atoms with Crippen LogP contribution in [0.2, 0.25) is 0 Å². The molecule has 1 aliphatic heterocycles. The standard InChI is InChI=1S/C28H40N2O8/c1-18(31)23-11-10-22(15-24(23)37-13-7-12-35-5)30(21-8-9-21)25(32)19-14-20(26(33)36-6)17-29(16-19)27(34)38-28(2,3)4/h10-11,15,19-21H,7-9,12-14,16-17H2,1-6H3/t19-,20+/m1/s1. The molecule has 3 rings (SSSR count). The van der Waals surface area contributed by atoms with Crippen LogP contribution in [-0.4, -0.2) is 80.8 Å². The third-order valence-electron chi connectivity index (χ3n) is 6.51. The van der Waals surface area contributed by atoms with Crippen LogP contribution in [0.1, 0.15) is 63.7 Å². The van der Waals surface area contributed by atoms with Gasteiger partial charge in [0.15, 0.2) is 5.78 Å². The highest BCUT2D eigenvalue weighted by Crippen LogP contribution is 2.37. The molecule has 10 nitrogen and oxygen atoms in total. The fourth-order valence-corrected chi connectivity index (χ4v) is 4.59. The van der Waals surface area contributed by atoms with Crippen LogP contribution in [0.5, 0.6) is 5.75 Å². The molecule has 1 aromatic rings. The van der Waals surface area contributed by atoms with Crippen LogP contribution in [0.25, 0.3) is 0 Å². The third-order valence-corrected chi connectivity index (χ3v) is 6.51. The van der Waals surface area contributed by atoms with Gasteiger partial charge in [-0.1, -0.05) is 0 Å². The number of carbonyl (C=O) groups is 4. The molecule has 0 radical (unpaired) electrons. The minimum atomic E-state index is -0.715. The molecule has 0 spiro atoms. The van der Waals surface area contributed by atoms with Gasteiger partial charge in [-0.2, -0.15) is 0 Å². The van der Waals surface area contributed by atoms with E-state index in [1.165, 1.54) is 18.9 Å². The Kier molecular flexibility index (Phi) is 9.76. The van der Waals surface area contributed by atoms with Crippen LogP contribution in [0.15, 0.2) is 18.2 Å². The summed E-state index contributed by atoms with van der Waals surface area (Å²) < 4.78 is 21.5. The molecule has 1 aromatic carbocycles. The number of esters is 1. The normalized spacial score (nSPS) is 19.5. The topological polar surface area (TPSA) is 112 Å². The van der Waals surface area contributed by atoms with Crippen LogP contribution >= 0.6 is 0 Å². The van der Waals surface area contributed by atoms with Gasteiger partial charge in [0.05, 0.1) is 31.1 Å². The summed E-state index contributed by atoms with van der Waals surface area (Å²) >= 11 is 0. The largest absolute Gasteiger partial charge is 0.493 e. The maximum atomic E-state index is 14.0. The zero-order chi connectivity index (χ0) is 28.0. The molecule has 38 heavy (non-hydrogen) atoms. The number of anilines is 1. The lowest BCUT2D eigenvalue weighted by Crippen LogP contribution is -2.52. The second kappa shape index (κ2) is 12.6. The van der Waals surface area contributed by atoms with Gasteiger partial charge in [0.25, 0.3) is 0 Å². The highest BCUT2D eigenvalue weighted by atomic mass is 16.6. The number of piperidine rings is 1. The molecular formula is C28H40N2O8. The van der Waals surface area contributed by atoms with E-state index in [9.17, 15) is 19.2 Å². The zero-order valence-electron chi connectivity index (χ0n) is 23.3. The van der Waals surface area contributed by atoms with Crippen LogP contribution < -0.4 is 9.64 Å². The zero-order valence-corrected chi connectivity index (χ0v) is 23.3. The Morgan fingerprint density at radius 3 is 2.29 bits per heavy atom. The van der Waals surface area contributed by atoms with Crippen LogP contribution in [0.4, 0.5) is 10.5 Å². The predicted octanol–water partition coefficient (Wildman–Crippen LogP) is 3.85. The van der Waals surface area contributed by atoms with Gasteiger partial charge in [0.1, 0.15) is 11.4 Å². The molecule has 0 aromatic heterocycles. The molecule has 2 fully saturated rings. The Morgan fingerprint density at radius 1 is 1.03 bits per heavy atom. The number of amides is 2. The highest BCUT2D eigenvalue weighted by Gasteiger charge is 2.43. The number of hydrogen-bond acceptors (Lipinski definition) is 8. The molecule has 0 unspecified atom stereocenters. The molecule has 1 saturated heterocycles. The van der Waals surface area contributed by atoms with Crippen molar-refractivity contribution < 1.29 is 38.1 Å². The quantitative estimate of drug-likeness (QED) is 0.254. The number of methoxy groups -OCH3 is 2. The second-order valence-corrected chi connectivity index (χ2v) is 10.9. The molecule has 2 amide bonds. The maximum absolute atomic E-state index is 14.0. The van der Waals surface area contributed by atoms with E-state index in [0.717, 1.165) is 12.8 Å². The summed E-state index contributed by atoms with van der Waals surface area (Å²) in [5.41, 5.74) is 0.342. The SMILES string of the molecule is COCCCOc1cc(N(C(=O)[C@@H]2C[C@H](C(=O)OC)CN(C(=O)OC(C)(C)C)C2)C2CC2)ccc1C(C)=O. The monoisotopic (exact) mass is 532 g/mol. The smallest absolute Gasteiger partial charge is 0.410 e. The van der Waals surface area contributed by atoms with Crippen molar-refractivity contribution in [3.05, 3.63) is 23.8 Å². The van der Waals surface area contributed by atoms with Crippen molar-refractivity contribution in [3.8, 4) is 5.75 Å². The fraction of sp³-hybridized carbons (Fsp3) is 0.643. The van der Waals surface area contributed by atoms with Gasteiger partial charge in [0, 0.05) is 51.0 Å². The minimum Gasteiger partial charge on any atom is -0.493 e. The maximum Gasteiger partial charge on any atom is 0.410 e. The molecule has 210 valence electrons. The van der Waals surface area contributed by atoms with Crippen molar-refractivity contribution >= 4 is 29.4 Å². The first-order valence-corrected chi connectivity index (χ1v) is 13.1. The van der Waals surface area contributed by atoms with E-state index in [4.69, 9.17) is 18.9 Å². The molecular weight excluding hydrogens is 492 g/mol. The van der Waals surface area contributed by atoms with E-state index in [1.807, 2.05) is 0 Å². The number of likely N-dealkylation sites (tertiary alicyclic amines) is 1. The van der Waals surface area contributed by atoms with E-state index >= 15 is 0 Å². The van der Waals surface area contributed by atoms with Gasteiger partial charge in [-0.3, -0.25) is 14.4 Å². The van der Waals surface area contributed by atoms with Crippen LogP contribution in [-0.2, 0) is 23.8 Å². The average molecular weight is 533 g/mol. The fourth-order valence-electron chi connectivity index (χ4n) is 4.59. The van der Waals surface area contributed by atoms with Gasteiger partial charge in [-0.15, -0.1) is 0 Å². The molecule has 0 bridgehead atoms. The lowest BCUT2D eigenvalue weighted by Gasteiger charge is -2.38.